The number of ether oxygens (including phenoxy) is 2. The van der Waals surface area contributed by atoms with Crippen LogP contribution in [0.3, 0.4) is 0 Å². The molecule has 0 bridgehead atoms. The van der Waals surface area contributed by atoms with Crippen molar-refractivity contribution >= 4 is 23.5 Å². The topological polar surface area (TPSA) is 110 Å². The summed E-state index contributed by atoms with van der Waals surface area (Å²) in [5.74, 6) is 0.675. The molecule has 0 radical (unpaired) electrons. The van der Waals surface area contributed by atoms with E-state index in [1.165, 1.54) is 0 Å². The van der Waals surface area contributed by atoms with Gasteiger partial charge >= 0.3 is 6.03 Å². The number of amides is 4. The number of carbonyl (C=O) groups excluding carboxylic acids is 3. The zero-order valence-electron chi connectivity index (χ0n) is 22.5. The van der Waals surface area contributed by atoms with E-state index < -0.39 is 0 Å². The number of hydrogen-bond donors (Lipinski definition) is 2. The van der Waals surface area contributed by atoms with E-state index in [1.807, 2.05) is 42.0 Å². The predicted molar refractivity (Wildman–Crippen MR) is 140 cm³/mol. The van der Waals surface area contributed by atoms with Crippen LogP contribution in [-0.2, 0) is 20.9 Å². The molecule has 12 nitrogen and oxygen atoms in total. The summed E-state index contributed by atoms with van der Waals surface area (Å²) in [4.78, 5) is 42.6. The SMILES string of the molecule is CCN(C)C(=O)CCCOc1ccc2c(c1)CN(CC(=O)NN1CCOCC1)CN2NC(=O)N(C)CC. The Bertz CT molecular complexity index is 925. The highest BCUT2D eigenvalue weighted by Crippen LogP contribution is 2.30. The first-order valence-corrected chi connectivity index (χ1v) is 12.9. The number of morpholine rings is 1. The number of hydrazine groups is 2. The van der Waals surface area contributed by atoms with Crippen molar-refractivity contribution in [3.05, 3.63) is 23.8 Å². The van der Waals surface area contributed by atoms with Gasteiger partial charge in [-0.2, -0.15) is 0 Å². The molecule has 0 unspecified atom stereocenters. The van der Waals surface area contributed by atoms with Crippen molar-refractivity contribution in [3.63, 3.8) is 0 Å². The number of carbonyl (C=O) groups is 3. The van der Waals surface area contributed by atoms with Gasteiger partial charge in [-0.25, -0.2) is 15.2 Å². The quantitative estimate of drug-likeness (QED) is 0.414. The fourth-order valence-electron chi connectivity index (χ4n) is 4.03. The van der Waals surface area contributed by atoms with E-state index in [9.17, 15) is 14.4 Å². The molecule has 1 saturated heterocycles. The Morgan fingerprint density at radius 2 is 1.78 bits per heavy atom. The van der Waals surface area contributed by atoms with E-state index in [0.717, 1.165) is 11.3 Å². The van der Waals surface area contributed by atoms with E-state index >= 15 is 0 Å². The number of rotatable bonds is 11. The lowest BCUT2D eigenvalue weighted by molar-refractivity contribution is -0.130. The van der Waals surface area contributed by atoms with Crippen LogP contribution in [0.15, 0.2) is 18.2 Å². The van der Waals surface area contributed by atoms with E-state index in [0.29, 0.717) is 77.8 Å². The second-order valence-corrected chi connectivity index (χ2v) is 9.27. The summed E-state index contributed by atoms with van der Waals surface area (Å²) in [5, 5.41) is 3.63. The van der Waals surface area contributed by atoms with Gasteiger partial charge in [-0.15, -0.1) is 0 Å². The van der Waals surface area contributed by atoms with Gasteiger partial charge in [0.25, 0.3) is 0 Å². The van der Waals surface area contributed by atoms with Gasteiger partial charge in [0.2, 0.25) is 11.8 Å². The largest absolute Gasteiger partial charge is 0.494 e. The number of urea groups is 1. The summed E-state index contributed by atoms with van der Waals surface area (Å²) in [6.45, 7) is 9.09. The number of anilines is 1. The van der Waals surface area contributed by atoms with Crippen molar-refractivity contribution in [1.82, 2.24) is 30.6 Å². The summed E-state index contributed by atoms with van der Waals surface area (Å²) in [5.41, 5.74) is 7.68. The first kappa shape index (κ1) is 28.5. The lowest BCUT2D eigenvalue weighted by Gasteiger charge is -2.39. The second-order valence-electron chi connectivity index (χ2n) is 9.27. The minimum absolute atomic E-state index is 0.103. The van der Waals surface area contributed by atoms with E-state index in [4.69, 9.17) is 9.47 Å². The Balaban J connectivity index is 1.65. The van der Waals surface area contributed by atoms with Gasteiger partial charge in [0.05, 0.1) is 38.7 Å². The van der Waals surface area contributed by atoms with Crippen LogP contribution >= 0.6 is 0 Å². The highest BCUT2D eigenvalue weighted by Gasteiger charge is 2.27. The molecular formula is C25H41N7O5. The fraction of sp³-hybridized carbons (Fsp3) is 0.640. The Kier molecular flexibility index (Phi) is 10.8. The third-order valence-corrected chi connectivity index (χ3v) is 6.49. The third-order valence-electron chi connectivity index (χ3n) is 6.49. The molecule has 4 amide bonds. The predicted octanol–water partition coefficient (Wildman–Crippen LogP) is 0.843. The molecule has 1 aromatic rings. The van der Waals surface area contributed by atoms with Crippen molar-refractivity contribution in [2.75, 3.05) is 78.3 Å². The van der Waals surface area contributed by atoms with E-state index in [-0.39, 0.29) is 24.4 Å². The first-order valence-electron chi connectivity index (χ1n) is 12.9. The monoisotopic (exact) mass is 519 g/mol. The fourth-order valence-corrected chi connectivity index (χ4v) is 4.03. The number of nitrogens with zero attached hydrogens (tertiary/aromatic N) is 5. The summed E-state index contributed by atoms with van der Waals surface area (Å²) in [6, 6.07) is 5.49. The van der Waals surface area contributed by atoms with Crippen LogP contribution in [0.1, 0.15) is 32.3 Å². The maximum atomic E-state index is 12.7. The van der Waals surface area contributed by atoms with Gasteiger partial charge in [0, 0.05) is 53.2 Å². The lowest BCUT2D eigenvalue weighted by atomic mass is 10.1. The number of nitrogens with one attached hydrogen (secondary N) is 2. The summed E-state index contributed by atoms with van der Waals surface area (Å²) in [7, 11) is 3.52. The summed E-state index contributed by atoms with van der Waals surface area (Å²) in [6.07, 6.45) is 1.06. The maximum absolute atomic E-state index is 12.7. The first-order chi connectivity index (χ1) is 17.8. The Morgan fingerprint density at radius 1 is 1.05 bits per heavy atom. The molecule has 2 aliphatic rings. The average Bonchev–Trinajstić information content (AvgIpc) is 2.90. The number of fused-ring (bicyclic) bond motifs is 1. The van der Waals surface area contributed by atoms with Crippen LogP contribution < -0.4 is 20.6 Å². The molecule has 12 heteroatoms. The highest BCUT2D eigenvalue weighted by molar-refractivity contribution is 5.79. The summed E-state index contributed by atoms with van der Waals surface area (Å²) < 4.78 is 11.3. The second kappa shape index (κ2) is 14.0. The average molecular weight is 520 g/mol. The molecular weight excluding hydrogens is 478 g/mol. The normalized spacial score (nSPS) is 16.1. The summed E-state index contributed by atoms with van der Waals surface area (Å²) >= 11 is 0. The standard InChI is InChI=1S/C25H41N7O5/c1-5-28(3)24(34)8-7-13-37-21-9-10-22-20(16-21)17-30(19-32(22)27-25(35)29(4)6-2)18-23(33)26-31-11-14-36-15-12-31/h9-10,16H,5-8,11-15,17-19H2,1-4H3,(H,26,33)(H,27,35). The van der Waals surface area contributed by atoms with Gasteiger partial charge in [-0.1, -0.05) is 0 Å². The molecule has 1 fully saturated rings. The Labute approximate surface area is 219 Å². The van der Waals surface area contributed by atoms with Crippen LogP contribution in [0.5, 0.6) is 5.75 Å². The third kappa shape index (κ3) is 8.48. The molecule has 2 heterocycles. The van der Waals surface area contributed by atoms with Gasteiger partial charge in [-0.05, 0) is 44.0 Å². The maximum Gasteiger partial charge on any atom is 0.335 e. The Morgan fingerprint density at radius 3 is 2.49 bits per heavy atom. The van der Waals surface area contributed by atoms with E-state index in [2.05, 4.69) is 10.9 Å². The molecule has 0 aliphatic carbocycles. The zero-order valence-corrected chi connectivity index (χ0v) is 22.5. The van der Waals surface area contributed by atoms with Crippen LogP contribution in [-0.4, -0.2) is 111 Å². The molecule has 1 aromatic carbocycles. The molecule has 206 valence electrons. The van der Waals surface area contributed by atoms with Gasteiger partial charge in [0.15, 0.2) is 0 Å². The molecule has 0 atom stereocenters. The van der Waals surface area contributed by atoms with Gasteiger partial charge < -0.3 is 19.3 Å². The van der Waals surface area contributed by atoms with Gasteiger partial charge in [0.1, 0.15) is 5.75 Å². The van der Waals surface area contributed by atoms with Gasteiger partial charge in [-0.3, -0.25) is 24.9 Å². The molecule has 2 N–H and O–H groups in total. The number of hydrogen-bond acceptors (Lipinski definition) is 8. The Hall–Kier alpha value is -3.09. The molecule has 37 heavy (non-hydrogen) atoms. The minimum Gasteiger partial charge on any atom is -0.494 e. The van der Waals surface area contributed by atoms with Crippen LogP contribution in [0.25, 0.3) is 0 Å². The van der Waals surface area contributed by atoms with Crippen molar-refractivity contribution in [2.24, 2.45) is 0 Å². The molecule has 0 spiro atoms. The van der Waals surface area contributed by atoms with Crippen molar-refractivity contribution in [3.8, 4) is 5.75 Å². The minimum atomic E-state index is -0.227. The highest BCUT2D eigenvalue weighted by atomic mass is 16.5. The van der Waals surface area contributed by atoms with Crippen molar-refractivity contribution in [2.45, 2.75) is 33.2 Å². The van der Waals surface area contributed by atoms with Crippen molar-refractivity contribution < 1.29 is 23.9 Å². The zero-order chi connectivity index (χ0) is 26.8. The molecule has 2 aliphatic heterocycles. The van der Waals surface area contributed by atoms with Crippen molar-refractivity contribution in [1.29, 1.82) is 0 Å². The smallest absolute Gasteiger partial charge is 0.335 e. The van der Waals surface area contributed by atoms with Crippen LogP contribution in [0.2, 0.25) is 0 Å². The van der Waals surface area contributed by atoms with Crippen LogP contribution in [0, 0.1) is 0 Å². The molecule has 0 aromatic heterocycles. The van der Waals surface area contributed by atoms with Crippen LogP contribution in [0.4, 0.5) is 10.5 Å². The van der Waals surface area contributed by atoms with E-state index in [1.54, 1.807) is 28.9 Å². The molecule has 0 saturated carbocycles. The molecule has 3 rings (SSSR count). The lowest BCUT2D eigenvalue weighted by Crippen LogP contribution is -2.56. The number of benzene rings is 1.